The SMILES string of the molecule is CCC(CC)(CCl)CNc1nccc2c(OC)cccc12. The smallest absolute Gasteiger partial charge is 0.133 e. The Balaban J connectivity index is 2.31. The van der Waals surface area contributed by atoms with Gasteiger partial charge in [-0.1, -0.05) is 26.0 Å². The van der Waals surface area contributed by atoms with Crippen LogP contribution in [-0.2, 0) is 0 Å². The van der Waals surface area contributed by atoms with Crippen LogP contribution in [-0.4, -0.2) is 24.5 Å². The lowest BCUT2D eigenvalue weighted by Crippen LogP contribution is -2.30. The largest absolute Gasteiger partial charge is 0.496 e. The van der Waals surface area contributed by atoms with Gasteiger partial charge in [-0.25, -0.2) is 4.98 Å². The molecule has 1 heterocycles. The number of benzene rings is 1. The van der Waals surface area contributed by atoms with Gasteiger partial charge in [0.25, 0.3) is 0 Å². The Hall–Kier alpha value is -1.48. The van der Waals surface area contributed by atoms with Gasteiger partial charge in [0, 0.05) is 34.8 Å². The molecule has 0 bridgehead atoms. The number of pyridine rings is 1. The van der Waals surface area contributed by atoms with Crippen LogP contribution in [0.4, 0.5) is 5.82 Å². The molecule has 114 valence electrons. The van der Waals surface area contributed by atoms with Crippen LogP contribution in [0.5, 0.6) is 5.75 Å². The van der Waals surface area contributed by atoms with E-state index in [2.05, 4.69) is 30.2 Å². The maximum absolute atomic E-state index is 6.18. The molecule has 21 heavy (non-hydrogen) atoms. The van der Waals surface area contributed by atoms with Gasteiger partial charge >= 0.3 is 0 Å². The molecule has 1 N–H and O–H groups in total. The number of ether oxygens (including phenoxy) is 1. The molecular weight excluding hydrogens is 284 g/mol. The van der Waals surface area contributed by atoms with E-state index in [-0.39, 0.29) is 5.41 Å². The Morgan fingerprint density at radius 2 is 1.95 bits per heavy atom. The van der Waals surface area contributed by atoms with Crippen LogP contribution in [0.3, 0.4) is 0 Å². The zero-order valence-electron chi connectivity index (χ0n) is 12.9. The molecule has 2 aromatic rings. The molecule has 1 aromatic carbocycles. The highest BCUT2D eigenvalue weighted by molar-refractivity contribution is 6.18. The van der Waals surface area contributed by atoms with E-state index < -0.39 is 0 Å². The van der Waals surface area contributed by atoms with Crippen molar-refractivity contribution in [2.24, 2.45) is 5.41 Å². The van der Waals surface area contributed by atoms with E-state index in [1.54, 1.807) is 7.11 Å². The number of alkyl halides is 1. The topological polar surface area (TPSA) is 34.2 Å². The maximum Gasteiger partial charge on any atom is 0.133 e. The van der Waals surface area contributed by atoms with Gasteiger partial charge in [0.05, 0.1) is 7.11 Å². The van der Waals surface area contributed by atoms with Gasteiger partial charge < -0.3 is 10.1 Å². The van der Waals surface area contributed by atoms with E-state index in [0.717, 1.165) is 41.7 Å². The van der Waals surface area contributed by atoms with Crippen molar-refractivity contribution in [3.05, 3.63) is 30.5 Å². The molecule has 1 aromatic heterocycles. The summed E-state index contributed by atoms with van der Waals surface area (Å²) >= 11 is 6.18. The number of fused-ring (bicyclic) bond motifs is 1. The number of hydrogen-bond acceptors (Lipinski definition) is 3. The van der Waals surface area contributed by atoms with Crippen LogP contribution in [0.15, 0.2) is 30.5 Å². The molecule has 0 amide bonds. The van der Waals surface area contributed by atoms with Crippen molar-refractivity contribution >= 4 is 28.2 Å². The zero-order chi connectivity index (χ0) is 15.3. The van der Waals surface area contributed by atoms with Gasteiger partial charge in [-0.3, -0.25) is 0 Å². The maximum atomic E-state index is 6.18. The van der Waals surface area contributed by atoms with Crippen molar-refractivity contribution in [1.82, 2.24) is 4.98 Å². The predicted molar refractivity (Wildman–Crippen MR) is 90.5 cm³/mol. The first kappa shape index (κ1) is 15.9. The number of rotatable bonds is 7. The molecule has 0 saturated heterocycles. The number of nitrogens with one attached hydrogen (secondary N) is 1. The summed E-state index contributed by atoms with van der Waals surface area (Å²) in [5.41, 5.74) is 0.115. The molecule has 0 unspecified atom stereocenters. The molecule has 0 radical (unpaired) electrons. The third-order valence-electron chi connectivity index (χ3n) is 4.40. The number of nitrogens with zero attached hydrogens (tertiary/aromatic N) is 1. The first-order chi connectivity index (χ1) is 10.2. The molecule has 3 nitrogen and oxygen atoms in total. The fourth-order valence-electron chi connectivity index (χ4n) is 2.50. The summed E-state index contributed by atoms with van der Waals surface area (Å²) in [6.45, 7) is 5.20. The summed E-state index contributed by atoms with van der Waals surface area (Å²) in [6.07, 6.45) is 3.91. The van der Waals surface area contributed by atoms with Gasteiger partial charge in [-0.05, 0) is 25.0 Å². The molecular formula is C17H23ClN2O. The van der Waals surface area contributed by atoms with Crippen molar-refractivity contribution < 1.29 is 4.74 Å². The summed E-state index contributed by atoms with van der Waals surface area (Å²) in [5, 5.41) is 5.63. The highest BCUT2D eigenvalue weighted by atomic mass is 35.5. The van der Waals surface area contributed by atoms with E-state index >= 15 is 0 Å². The average Bonchev–Trinajstić information content (AvgIpc) is 2.56. The highest BCUT2D eigenvalue weighted by Gasteiger charge is 2.25. The summed E-state index contributed by atoms with van der Waals surface area (Å²) in [4.78, 5) is 4.48. The van der Waals surface area contributed by atoms with Gasteiger partial charge in [-0.15, -0.1) is 11.6 Å². The third kappa shape index (κ3) is 3.24. The summed E-state index contributed by atoms with van der Waals surface area (Å²) in [6, 6.07) is 8.00. The lowest BCUT2D eigenvalue weighted by atomic mass is 9.84. The lowest BCUT2D eigenvalue weighted by molar-refractivity contribution is 0.326. The quantitative estimate of drug-likeness (QED) is 0.753. The Morgan fingerprint density at radius 1 is 1.19 bits per heavy atom. The fourth-order valence-corrected chi connectivity index (χ4v) is 2.98. The normalized spacial score (nSPS) is 11.6. The Bertz CT molecular complexity index is 588. The minimum absolute atomic E-state index is 0.115. The predicted octanol–water partition coefficient (Wildman–Crippen LogP) is 4.70. The molecule has 0 aliphatic carbocycles. The average molecular weight is 307 g/mol. The fraction of sp³-hybridized carbons (Fsp3) is 0.471. The third-order valence-corrected chi connectivity index (χ3v) is 4.97. The first-order valence-corrected chi connectivity index (χ1v) is 7.94. The number of halogens is 1. The minimum Gasteiger partial charge on any atom is -0.496 e. The number of hydrogen-bond donors (Lipinski definition) is 1. The molecule has 0 fully saturated rings. The molecule has 0 aliphatic rings. The number of aromatic nitrogens is 1. The molecule has 0 saturated carbocycles. The summed E-state index contributed by atoms with van der Waals surface area (Å²) in [7, 11) is 1.69. The second-order valence-corrected chi connectivity index (χ2v) is 5.68. The standard InChI is InChI=1S/C17H23ClN2O/c1-4-17(5-2,11-18)12-20-16-14-7-6-8-15(21-3)13(14)9-10-19-16/h6-10H,4-5,11-12H2,1-3H3,(H,19,20). The second kappa shape index (κ2) is 6.99. The first-order valence-electron chi connectivity index (χ1n) is 7.41. The van der Waals surface area contributed by atoms with E-state index in [1.165, 1.54) is 0 Å². The molecule has 0 aliphatic heterocycles. The van der Waals surface area contributed by atoms with Crippen LogP contribution in [0.1, 0.15) is 26.7 Å². The Morgan fingerprint density at radius 3 is 2.57 bits per heavy atom. The monoisotopic (exact) mass is 306 g/mol. The molecule has 4 heteroatoms. The Labute approximate surface area is 131 Å². The van der Waals surface area contributed by atoms with Gasteiger partial charge in [0.2, 0.25) is 0 Å². The lowest BCUT2D eigenvalue weighted by Gasteiger charge is -2.29. The molecule has 0 atom stereocenters. The number of methoxy groups -OCH3 is 1. The summed E-state index contributed by atoms with van der Waals surface area (Å²) < 4.78 is 5.41. The zero-order valence-corrected chi connectivity index (χ0v) is 13.7. The van der Waals surface area contributed by atoms with Crippen molar-refractivity contribution in [3.8, 4) is 5.75 Å². The second-order valence-electron chi connectivity index (χ2n) is 5.41. The van der Waals surface area contributed by atoms with Crippen molar-refractivity contribution in [2.75, 3.05) is 24.9 Å². The molecule has 0 spiro atoms. The molecule has 2 rings (SSSR count). The number of anilines is 1. The van der Waals surface area contributed by atoms with Crippen molar-refractivity contribution in [2.45, 2.75) is 26.7 Å². The Kier molecular flexibility index (Phi) is 5.29. The summed E-state index contributed by atoms with van der Waals surface area (Å²) in [5.74, 6) is 2.41. The van der Waals surface area contributed by atoms with Crippen LogP contribution >= 0.6 is 11.6 Å². The van der Waals surface area contributed by atoms with Gasteiger partial charge in [-0.2, -0.15) is 0 Å². The van der Waals surface area contributed by atoms with Crippen LogP contribution in [0, 0.1) is 5.41 Å². The minimum atomic E-state index is 0.115. The van der Waals surface area contributed by atoms with Crippen molar-refractivity contribution in [3.63, 3.8) is 0 Å². The van der Waals surface area contributed by atoms with Gasteiger partial charge in [0.15, 0.2) is 0 Å². The van der Waals surface area contributed by atoms with E-state index in [9.17, 15) is 0 Å². The van der Waals surface area contributed by atoms with Crippen LogP contribution in [0.25, 0.3) is 10.8 Å². The van der Waals surface area contributed by atoms with Gasteiger partial charge in [0.1, 0.15) is 11.6 Å². The van der Waals surface area contributed by atoms with Crippen LogP contribution < -0.4 is 10.1 Å². The van der Waals surface area contributed by atoms with Crippen LogP contribution in [0.2, 0.25) is 0 Å². The van der Waals surface area contributed by atoms with Crippen molar-refractivity contribution in [1.29, 1.82) is 0 Å². The van der Waals surface area contributed by atoms with E-state index in [1.807, 2.05) is 24.4 Å². The highest BCUT2D eigenvalue weighted by Crippen LogP contribution is 2.32. The van der Waals surface area contributed by atoms with E-state index in [0.29, 0.717) is 5.88 Å². The van der Waals surface area contributed by atoms with E-state index in [4.69, 9.17) is 16.3 Å².